The van der Waals surface area contributed by atoms with Gasteiger partial charge in [0.25, 0.3) is 5.91 Å². The summed E-state index contributed by atoms with van der Waals surface area (Å²) in [6.45, 7) is 0. The van der Waals surface area contributed by atoms with Crippen LogP contribution in [0.3, 0.4) is 0 Å². The van der Waals surface area contributed by atoms with E-state index in [1.54, 1.807) is 24.3 Å². The molecule has 0 saturated heterocycles. The van der Waals surface area contributed by atoms with Crippen LogP contribution >= 0.6 is 23.2 Å². The molecule has 6 nitrogen and oxygen atoms in total. The Morgan fingerprint density at radius 3 is 2.40 bits per heavy atom. The number of amides is 1. The van der Waals surface area contributed by atoms with Gasteiger partial charge in [-0.3, -0.25) is 4.79 Å². The van der Waals surface area contributed by atoms with Gasteiger partial charge >= 0.3 is 5.97 Å². The van der Waals surface area contributed by atoms with Crippen LogP contribution in [-0.2, 0) is 0 Å². The molecule has 0 atom stereocenters. The molecule has 3 aromatic rings. The van der Waals surface area contributed by atoms with Crippen molar-refractivity contribution in [3.05, 3.63) is 76.0 Å². The molecule has 0 aliphatic heterocycles. The SMILES string of the molecule is O=C(Nc1cccc(-n2ccc(C(=O)O)n2)c1)c1cc(Cl)cc(Cl)c1. The van der Waals surface area contributed by atoms with E-state index in [1.165, 1.54) is 35.1 Å². The second-order valence-corrected chi connectivity index (χ2v) is 5.99. The van der Waals surface area contributed by atoms with Crippen LogP contribution < -0.4 is 5.32 Å². The first-order chi connectivity index (χ1) is 11.9. The quantitative estimate of drug-likeness (QED) is 0.717. The van der Waals surface area contributed by atoms with Crippen molar-refractivity contribution in [3.63, 3.8) is 0 Å². The van der Waals surface area contributed by atoms with Crippen LogP contribution in [0.15, 0.2) is 54.7 Å². The number of nitrogens with one attached hydrogen (secondary N) is 1. The first kappa shape index (κ1) is 17.0. The van der Waals surface area contributed by atoms with Crippen molar-refractivity contribution in [3.8, 4) is 5.69 Å². The van der Waals surface area contributed by atoms with Crippen LogP contribution in [0.5, 0.6) is 0 Å². The number of anilines is 1. The molecule has 0 fully saturated rings. The number of carboxylic acid groups (broad SMARTS) is 1. The molecule has 0 aliphatic carbocycles. The van der Waals surface area contributed by atoms with Crippen LogP contribution in [0.4, 0.5) is 5.69 Å². The normalized spacial score (nSPS) is 10.5. The fraction of sp³-hybridized carbons (Fsp3) is 0. The van der Waals surface area contributed by atoms with Gasteiger partial charge in [-0.25, -0.2) is 9.48 Å². The largest absolute Gasteiger partial charge is 0.476 e. The second-order valence-electron chi connectivity index (χ2n) is 5.11. The van der Waals surface area contributed by atoms with E-state index in [2.05, 4.69) is 10.4 Å². The maximum absolute atomic E-state index is 12.3. The number of benzene rings is 2. The minimum atomic E-state index is -1.11. The molecule has 1 heterocycles. The molecule has 8 heteroatoms. The Bertz CT molecular complexity index is 949. The van der Waals surface area contributed by atoms with Crippen molar-refractivity contribution in [2.24, 2.45) is 0 Å². The van der Waals surface area contributed by atoms with E-state index in [0.717, 1.165) is 0 Å². The summed E-state index contributed by atoms with van der Waals surface area (Å²) in [6.07, 6.45) is 1.53. The minimum Gasteiger partial charge on any atom is -0.476 e. The number of carbonyl (C=O) groups is 2. The van der Waals surface area contributed by atoms with Crippen LogP contribution in [0.2, 0.25) is 10.0 Å². The maximum atomic E-state index is 12.3. The van der Waals surface area contributed by atoms with Gasteiger partial charge < -0.3 is 10.4 Å². The molecule has 2 N–H and O–H groups in total. The highest BCUT2D eigenvalue weighted by atomic mass is 35.5. The second kappa shape index (κ2) is 6.96. The number of carboxylic acids is 1. The lowest BCUT2D eigenvalue weighted by molar-refractivity contribution is 0.0689. The first-order valence-corrected chi connectivity index (χ1v) is 7.85. The summed E-state index contributed by atoms with van der Waals surface area (Å²) in [5, 5.41) is 16.4. The highest BCUT2D eigenvalue weighted by Crippen LogP contribution is 2.21. The van der Waals surface area contributed by atoms with Gasteiger partial charge in [0, 0.05) is 27.5 Å². The number of aromatic nitrogens is 2. The minimum absolute atomic E-state index is 0.0667. The van der Waals surface area contributed by atoms with Crippen LogP contribution in [0, 0.1) is 0 Å². The number of carbonyl (C=O) groups excluding carboxylic acids is 1. The van der Waals surface area contributed by atoms with E-state index >= 15 is 0 Å². The van der Waals surface area contributed by atoms with Gasteiger partial charge in [0.05, 0.1) is 5.69 Å². The van der Waals surface area contributed by atoms with Crippen molar-refractivity contribution in [1.29, 1.82) is 0 Å². The molecule has 0 aliphatic rings. The third-order valence-corrected chi connectivity index (χ3v) is 3.74. The van der Waals surface area contributed by atoms with Crippen molar-refractivity contribution >= 4 is 40.8 Å². The van der Waals surface area contributed by atoms with Gasteiger partial charge in [-0.2, -0.15) is 5.10 Å². The molecular weight excluding hydrogens is 365 g/mol. The number of halogens is 2. The molecule has 3 rings (SSSR count). The lowest BCUT2D eigenvalue weighted by atomic mass is 10.2. The predicted octanol–water partition coefficient (Wildman–Crippen LogP) is 4.13. The Morgan fingerprint density at radius 2 is 1.76 bits per heavy atom. The average molecular weight is 376 g/mol. The van der Waals surface area contributed by atoms with E-state index in [0.29, 0.717) is 27.0 Å². The number of aromatic carboxylic acids is 1. The Kier molecular flexibility index (Phi) is 4.74. The Labute approximate surface area is 152 Å². The van der Waals surface area contributed by atoms with E-state index in [-0.39, 0.29) is 11.6 Å². The van der Waals surface area contributed by atoms with Gasteiger partial charge in [0.2, 0.25) is 0 Å². The summed E-state index contributed by atoms with van der Waals surface area (Å²) in [5.74, 6) is -1.48. The van der Waals surface area contributed by atoms with E-state index < -0.39 is 5.97 Å². The zero-order valence-electron chi connectivity index (χ0n) is 12.6. The van der Waals surface area contributed by atoms with Crippen LogP contribution in [-0.4, -0.2) is 26.8 Å². The lowest BCUT2D eigenvalue weighted by Crippen LogP contribution is -2.12. The monoisotopic (exact) mass is 375 g/mol. The molecular formula is C17H11Cl2N3O3. The number of hydrogen-bond donors (Lipinski definition) is 2. The van der Waals surface area contributed by atoms with Crippen LogP contribution in [0.25, 0.3) is 5.69 Å². The molecule has 1 aromatic heterocycles. The summed E-state index contributed by atoms with van der Waals surface area (Å²) in [6, 6.07) is 12.8. The first-order valence-electron chi connectivity index (χ1n) is 7.09. The van der Waals surface area contributed by atoms with E-state index in [1.807, 2.05) is 0 Å². The highest BCUT2D eigenvalue weighted by Gasteiger charge is 2.11. The molecule has 0 unspecified atom stereocenters. The molecule has 0 spiro atoms. The zero-order valence-corrected chi connectivity index (χ0v) is 14.1. The highest BCUT2D eigenvalue weighted by molar-refractivity contribution is 6.35. The summed E-state index contributed by atoms with van der Waals surface area (Å²) in [5.41, 5.74) is 1.39. The number of rotatable bonds is 4. The fourth-order valence-electron chi connectivity index (χ4n) is 2.20. The molecule has 126 valence electrons. The number of hydrogen-bond acceptors (Lipinski definition) is 3. The predicted molar refractivity (Wildman–Crippen MR) is 94.9 cm³/mol. The summed E-state index contributed by atoms with van der Waals surface area (Å²) in [4.78, 5) is 23.2. The van der Waals surface area contributed by atoms with Crippen LogP contribution in [0.1, 0.15) is 20.8 Å². The third kappa shape index (κ3) is 3.99. The van der Waals surface area contributed by atoms with Crippen molar-refractivity contribution in [2.45, 2.75) is 0 Å². The summed E-state index contributed by atoms with van der Waals surface area (Å²) in [7, 11) is 0. The van der Waals surface area contributed by atoms with Crippen molar-refractivity contribution in [1.82, 2.24) is 9.78 Å². The standard InChI is InChI=1S/C17H11Cl2N3O3/c18-11-6-10(7-12(19)8-11)16(23)20-13-2-1-3-14(9-13)22-5-4-15(21-22)17(24)25/h1-9H,(H,20,23)(H,24,25). The van der Waals surface area contributed by atoms with Gasteiger partial charge in [-0.15, -0.1) is 0 Å². The molecule has 1 amide bonds. The van der Waals surface area contributed by atoms with E-state index in [9.17, 15) is 9.59 Å². The summed E-state index contributed by atoms with van der Waals surface area (Å²) < 4.78 is 1.41. The molecule has 0 bridgehead atoms. The topological polar surface area (TPSA) is 84.2 Å². The van der Waals surface area contributed by atoms with Gasteiger partial charge in [0.15, 0.2) is 5.69 Å². The fourth-order valence-corrected chi connectivity index (χ4v) is 2.72. The van der Waals surface area contributed by atoms with Crippen molar-refractivity contribution in [2.75, 3.05) is 5.32 Å². The lowest BCUT2D eigenvalue weighted by Gasteiger charge is -2.08. The van der Waals surface area contributed by atoms with Gasteiger partial charge in [0.1, 0.15) is 0 Å². The average Bonchev–Trinajstić information content (AvgIpc) is 3.04. The Morgan fingerprint density at radius 1 is 1.04 bits per heavy atom. The smallest absolute Gasteiger partial charge is 0.356 e. The Balaban J connectivity index is 1.83. The summed E-state index contributed by atoms with van der Waals surface area (Å²) >= 11 is 11.8. The van der Waals surface area contributed by atoms with Crippen molar-refractivity contribution < 1.29 is 14.7 Å². The molecule has 25 heavy (non-hydrogen) atoms. The van der Waals surface area contributed by atoms with Gasteiger partial charge in [-0.05, 0) is 42.5 Å². The molecule has 0 radical (unpaired) electrons. The van der Waals surface area contributed by atoms with E-state index in [4.69, 9.17) is 28.3 Å². The zero-order chi connectivity index (χ0) is 18.0. The maximum Gasteiger partial charge on any atom is 0.356 e. The molecule has 2 aromatic carbocycles. The molecule has 0 saturated carbocycles. The Hall–Kier alpha value is -2.83. The van der Waals surface area contributed by atoms with Gasteiger partial charge in [-0.1, -0.05) is 29.3 Å². The third-order valence-electron chi connectivity index (χ3n) is 3.30. The number of nitrogens with zero attached hydrogens (tertiary/aromatic N) is 2.